The Balaban J connectivity index is 2.36. The van der Waals surface area contributed by atoms with Crippen molar-refractivity contribution in [2.24, 2.45) is 0 Å². The molecule has 3 rings (SSSR count). The van der Waals surface area contributed by atoms with Gasteiger partial charge in [0.2, 0.25) is 0 Å². The number of hydrogen-bond donors (Lipinski definition) is 0. The van der Waals surface area contributed by atoms with Crippen molar-refractivity contribution in [3.05, 3.63) is 58.6 Å². The van der Waals surface area contributed by atoms with Crippen molar-refractivity contribution in [3.63, 3.8) is 0 Å². The number of nitrogens with zero attached hydrogens (tertiary/aromatic N) is 2. The molecule has 1 aromatic heterocycles. The van der Waals surface area contributed by atoms with Crippen molar-refractivity contribution in [2.75, 3.05) is 5.88 Å². The second-order valence-corrected chi connectivity index (χ2v) is 5.63. The highest BCUT2D eigenvalue weighted by molar-refractivity contribution is 6.32. The summed E-state index contributed by atoms with van der Waals surface area (Å²) < 4.78 is 15.4. The normalized spacial score (nSPS) is 11.2. The summed E-state index contributed by atoms with van der Waals surface area (Å²) >= 11 is 12.2. The van der Waals surface area contributed by atoms with E-state index in [9.17, 15) is 4.39 Å². The van der Waals surface area contributed by atoms with Gasteiger partial charge in [-0.15, -0.1) is 11.6 Å². The number of hydrogen-bond acceptors (Lipinski definition) is 1. The van der Waals surface area contributed by atoms with E-state index in [0.29, 0.717) is 22.8 Å². The lowest BCUT2D eigenvalue weighted by Gasteiger charge is -2.13. The first-order valence-electron chi connectivity index (χ1n) is 6.60. The van der Waals surface area contributed by atoms with Crippen LogP contribution in [-0.2, 0) is 6.42 Å². The Bertz CT molecular complexity index is 791. The number of benzene rings is 2. The largest absolute Gasteiger partial charge is 0.294 e. The van der Waals surface area contributed by atoms with E-state index in [2.05, 4.69) is 4.98 Å². The van der Waals surface area contributed by atoms with Crippen molar-refractivity contribution in [3.8, 4) is 5.69 Å². The smallest absolute Gasteiger partial charge is 0.125 e. The van der Waals surface area contributed by atoms with Crippen LogP contribution in [0.15, 0.2) is 36.4 Å². The summed E-state index contributed by atoms with van der Waals surface area (Å²) in [7, 11) is 0. The van der Waals surface area contributed by atoms with Crippen LogP contribution < -0.4 is 0 Å². The number of alkyl halides is 1. The molecular weight excluding hydrogens is 310 g/mol. The van der Waals surface area contributed by atoms with Gasteiger partial charge in [0.1, 0.15) is 11.6 Å². The Morgan fingerprint density at radius 3 is 2.76 bits per heavy atom. The Morgan fingerprint density at radius 1 is 1.24 bits per heavy atom. The number of imidazole rings is 1. The highest BCUT2D eigenvalue weighted by Crippen LogP contribution is 2.30. The van der Waals surface area contributed by atoms with Crippen LogP contribution in [-0.4, -0.2) is 15.4 Å². The first kappa shape index (κ1) is 14.4. The third-order valence-corrected chi connectivity index (χ3v) is 3.91. The predicted molar refractivity (Wildman–Crippen MR) is 85.2 cm³/mol. The molecule has 0 aliphatic rings. The van der Waals surface area contributed by atoms with E-state index in [1.807, 2.05) is 29.7 Å². The standard InChI is InChI=1S/C16H13Cl2FN2/c1-10-3-2-4-12(18)16(10)21-14-6-5-11(19)9-13(14)20-15(21)7-8-17/h2-6,9H,7-8H2,1H3. The van der Waals surface area contributed by atoms with Gasteiger partial charge in [0.25, 0.3) is 0 Å². The lowest BCUT2D eigenvalue weighted by atomic mass is 10.2. The van der Waals surface area contributed by atoms with Gasteiger partial charge in [-0.3, -0.25) is 4.57 Å². The molecule has 0 radical (unpaired) electrons. The van der Waals surface area contributed by atoms with E-state index < -0.39 is 0 Å². The lowest BCUT2D eigenvalue weighted by Crippen LogP contribution is -2.04. The molecule has 0 amide bonds. The van der Waals surface area contributed by atoms with Crippen molar-refractivity contribution >= 4 is 34.2 Å². The summed E-state index contributed by atoms with van der Waals surface area (Å²) in [6, 6.07) is 10.3. The maximum atomic E-state index is 13.4. The van der Waals surface area contributed by atoms with Crippen LogP contribution in [0.25, 0.3) is 16.7 Å². The Morgan fingerprint density at radius 2 is 2.05 bits per heavy atom. The molecule has 0 fully saturated rings. The van der Waals surface area contributed by atoms with E-state index in [-0.39, 0.29) is 5.82 Å². The van der Waals surface area contributed by atoms with Crippen LogP contribution in [0.2, 0.25) is 5.02 Å². The Labute approximate surface area is 132 Å². The Kier molecular flexibility index (Phi) is 3.87. The summed E-state index contributed by atoms with van der Waals surface area (Å²) in [6.07, 6.45) is 0.586. The van der Waals surface area contributed by atoms with Crippen LogP contribution in [0.1, 0.15) is 11.4 Å². The SMILES string of the molecule is Cc1cccc(Cl)c1-n1c(CCCl)nc2cc(F)ccc21. The fourth-order valence-corrected chi connectivity index (χ4v) is 2.99. The molecule has 3 aromatic rings. The highest BCUT2D eigenvalue weighted by atomic mass is 35.5. The number of rotatable bonds is 3. The third-order valence-electron chi connectivity index (χ3n) is 3.42. The average Bonchev–Trinajstić information content (AvgIpc) is 2.77. The van der Waals surface area contributed by atoms with Gasteiger partial charge in [0, 0.05) is 18.4 Å². The van der Waals surface area contributed by atoms with Gasteiger partial charge in [-0.2, -0.15) is 0 Å². The van der Waals surface area contributed by atoms with E-state index in [4.69, 9.17) is 23.2 Å². The van der Waals surface area contributed by atoms with Gasteiger partial charge in [0.05, 0.1) is 21.7 Å². The minimum absolute atomic E-state index is 0.305. The summed E-state index contributed by atoms with van der Waals surface area (Å²) in [5, 5.41) is 0.634. The zero-order chi connectivity index (χ0) is 15.0. The van der Waals surface area contributed by atoms with Crippen LogP contribution in [0.4, 0.5) is 4.39 Å². The minimum Gasteiger partial charge on any atom is -0.294 e. The zero-order valence-electron chi connectivity index (χ0n) is 11.4. The molecule has 0 atom stereocenters. The van der Waals surface area contributed by atoms with Crippen molar-refractivity contribution in [2.45, 2.75) is 13.3 Å². The molecule has 2 aromatic carbocycles. The third kappa shape index (κ3) is 2.52. The summed E-state index contributed by atoms with van der Waals surface area (Å²) in [5.74, 6) is 0.914. The summed E-state index contributed by atoms with van der Waals surface area (Å²) in [5.41, 5.74) is 3.33. The van der Waals surface area contributed by atoms with Crippen LogP contribution in [0, 0.1) is 12.7 Å². The fraction of sp³-hybridized carbons (Fsp3) is 0.188. The second kappa shape index (κ2) is 5.66. The molecule has 21 heavy (non-hydrogen) atoms. The number of halogens is 3. The quantitative estimate of drug-likeness (QED) is 0.626. The predicted octanol–water partition coefficient (Wildman–Crippen LogP) is 4.91. The van der Waals surface area contributed by atoms with Crippen LogP contribution in [0.5, 0.6) is 0 Å². The van der Waals surface area contributed by atoms with Gasteiger partial charge in [-0.1, -0.05) is 23.7 Å². The zero-order valence-corrected chi connectivity index (χ0v) is 12.9. The molecule has 0 saturated heterocycles. The molecule has 0 N–H and O–H groups in total. The molecule has 5 heteroatoms. The summed E-state index contributed by atoms with van der Waals surface area (Å²) in [4.78, 5) is 4.50. The van der Waals surface area contributed by atoms with E-state index in [1.54, 1.807) is 6.07 Å². The highest BCUT2D eigenvalue weighted by Gasteiger charge is 2.16. The lowest BCUT2D eigenvalue weighted by molar-refractivity contribution is 0.629. The molecule has 0 unspecified atom stereocenters. The number of aromatic nitrogens is 2. The molecule has 0 saturated carbocycles. The molecule has 0 aliphatic carbocycles. The number of para-hydroxylation sites is 1. The van der Waals surface area contributed by atoms with E-state index in [1.165, 1.54) is 12.1 Å². The molecule has 0 spiro atoms. The van der Waals surface area contributed by atoms with Crippen molar-refractivity contribution in [1.29, 1.82) is 0 Å². The maximum Gasteiger partial charge on any atom is 0.125 e. The summed E-state index contributed by atoms with van der Waals surface area (Å²) in [6.45, 7) is 1.99. The van der Waals surface area contributed by atoms with Gasteiger partial charge >= 0.3 is 0 Å². The molecular formula is C16H13Cl2FN2. The maximum absolute atomic E-state index is 13.4. The van der Waals surface area contributed by atoms with Crippen molar-refractivity contribution < 1.29 is 4.39 Å². The van der Waals surface area contributed by atoms with Gasteiger partial charge in [0.15, 0.2) is 0 Å². The second-order valence-electron chi connectivity index (χ2n) is 4.84. The van der Waals surface area contributed by atoms with Crippen molar-refractivity contribution in [1.82, 2.24) is 9.55 Å². The minimum atomic E-state index is -0.305. The molecule has 108 valence electrons. The molecule has 2 nitrogen and oxygen atoms in total. The first-order chi connectivity index (χ1) is 10.1. The Hall–Kier alpha value is -1.58. The van der Waals surface area contributed by atoms with E-state index >= 15 is 0 Å². The van der Waals surface area contributed by atoms with Gasteiger partial charge in [-0.05, 0) is 30.7 Å². The first-order valence-corrected chi connectivity index (χ1v) is 7.51. The average molecular weight is 323 g/mol. The van der Waals surface area contributed by atoms with Gasteiger partial charge < -0.3 is 0 Å². The van der Waals surface area contributed by atoms with E-state index in [0.717, 1.165) is 22.6 Å². The number of aryl methyl sites for hydroxylation is 2. The fourth-order valence-electron chi connectivity index (χ4n) is 2.51. The van der Waals surface area contributed by atoms with Crippen LogP contribution in [0.3, 0.4) is 0 Å². The molecule has 0 aliphatic heterocycles. The number of fused-ring (bicyclic) bond motifs is 1. The topological polar surface area (TPSA) is 17.8 Å². The molecule has 1 heterocycles. The molecule has 0 bridgehead atoms. The monoisotopic (exact) mass is 322 g/mol. The van der Waals surface area contributed by atoms with Crippen LogP contribution >= 0.6 is 23.2 Å². The van der Waals surface area contributed by atoms with Gasteiger partial charge in [-0.25, -0.2) is 9.37 Å².